The van der Waals surface area contributed by atoms with Crippen LogP contribution in [0.5, 0.6) is 0 Å². The lowest BCUT2D eigenvalue weighted by Crippen LogP contribution is -2.37. The van der Waals surface area contributed by atoms with Crippen LogP contribution in [0.1, 0.15) is 10.5 Å². The van der Waals surface area contributed by atoms with Gasteiger partial charge in [0.15, 0.2) is 0 Å². The third-order valence-corrected chi connectivity index (χ3v) is 4.66. The molecule has 3 aromatic rings. The van der Waals surface area contributed by atoms with Crippen molar-refractivity contribution in [1.29, 1.82) is 0 Å². The maximum atomic E-state index is 12.5. The SMILES string of the molecule is Cn1cc(-c2cnc(N3CCOCC3)nc2)cc1C(=O)Nc1cccnc1.O=C(O)C(F)(F)F. The van der Waals surface area contributed by atoms with Gasteiger partial charge in [-0.15, -0.1) is 0 Å². The molecule has 0 saturated carbocycles. The van der Waals surface area contributed by atoms with Gasteiger partial charge in [-0.2, -0.15) is 13.2 Å². The lowest BCUT2D eigenvalue weighted by molar-refractivity contribution is -0.192. The number of amides is 1. The standard InChI is InChI=1S/C19H20N6O2.C2HF3O2/c1-24-13-14(9-17(24)18(26)23-16-3-2-4-20-12-16)15-10-21-19(22-11-15)25-5-7-27-8-6-25;3-2(4,5)1(6)7/h2-4,9-13H,5-8H2,1H3,(H,23,26);(H,6,7). The molecule has 0 aliphatic carbocycles. The summed E-state index contributed by atoms with van der Waals surface area (Å²) in [4.78, 5) is 36.5. The molecule has 1 saturated heterocycles. The van der Waals surface area contributed by atoms with Crippen molar-refractivity contribution in [2.45, 2.75) is 6.18 Å². The number of aryl methyl sites for hydroxylation is 1. The number of pyridine rings is 1. The molecule has 180 valence electrons. The smallest absolute Gasteiger partial charge is 0.475 e. The molecule has 0 unspecified atom stereocenters. The second-order valence-corrected chi connectivity index (χ2v) is 7.09. The number of nitrogens with one attached hydrogen (secondary N) is 1. The van der Waals surface area contributed by atoms with E-state index in [4.69, 9.17) is 14.6 Å². The molecule has 0 atom stereocenters. The molecule has 0 radical (unpaired) electrons. The molecule has 4 rings (SSSR count). The normalized spacial score (nSPS) is 13.6. The molecular weight excluding hydrogens is 457 g/mol. The minimum absolute atomic E-state index is 0.192. The highest BCUT2D eigenvalue weighted by atomic mass is 19.4. The van der Waals surface area contributed by atoms with Crippen molar-refractivity contribution in [1.82, 2.24) is 19.5 Å². The lowest BCUT2D eigenvalue weighted by atomic mass is 10.2. The Bertz CT molecular complexity index is 1110. The zero-order valence-corrected chi connectivity index (χ0v) is 18.0. The number of morpholine rings is 1. The van der Waals surface area contributed by atoms with E-state index < -0.39 is 12.1 Å². The number of carbonyl (C=O) groups excluding carboxylic acids is 1. The van der Waals surface area contributed by atoms with Gasteiger partial charge in [0.2, 0.25) is 5.95 Å². The minimum atomic E-state index is -5.08. The van der Waals surface area contributed by atoms with Crippen LogP contribution in [-0.2, 0) is 16.6 Å². The summed E-state index contributed by atoms with van der Waals surface area (Å²) in [5.74, 6) is -2.25. The first-order valence-corrected chi connectivity index (χ1v) is 9.98. The molecule has 2 N–H and O–H groups in total. The number of carbonyl (C=O) groups is 2. The number of anilines is 2. The summed E-state index contributed by atoms with van der Waals surface area (Å²) >= 11 is 0. The Morgan fingerprint density at radius 1 is 1.12 bits per heavy atom. The molecule has 1 aliphatic rings. The van der Waals surface area contributed by atoms with Gasteiger partial charge in [0.1, 0.15) is 5.69 Å². The quantitative estimate of drug-likeness (QED) is 0.587. The highest BCUT2D eigenvalue weighted by molar-refractivity contribution is 6.04. The summed E-state index contributed by atoms with van der Waals surface area (Å²) in [5, 5.41) is 9.97. The van der Waals surface area contributed by atoms with Crippen molar-refractivity contribution in [2.75, 3.05) is 36.5 Å². The van der Waals surface area contributed by atoms with Gasteiger partial charge in [0, 0.05) is 56.1 Å². The molecular formula is C21H21F3N6O4. The number of ether oxygens (including phenoxy) is 1. The number of rotatable bonds is 4. The fourth-order valence-electron chi connectivity index (χ4n) is 2.98. The molecule has 0 aromatic carbocycles. The Balaban J connectivity index is 0.000000406. The van der Waals surface area contributed by atoms with E-state index in [1.165, 1.54) is 0 Å². The first kappa shape index (κ1) is 24.6. The van der Waals surface area contributed by atoms with Gasteiger partial charge in [-0.3, -0.25) is 9.78 Å². The molecule has 34 heavy (non-hydrogen) atoms. The average molecular weight is 478 g/mol. The van der Waals surface area contributed by atoms with Crippen LogP contribution in [0.15, 0.2) is 49.2 Å². The summed E-state index contributed by atoms with van der Waals surface area (Å²) in [7, 11) is 1.84. The predicted octanol–water partition coefficient (Wildman–Crippen LogP) is 2.60. The van der Waals surface area contributed by atoms with Gasteiger partial charge in [0.05, 0.1) is 25.1 Å². The summed E-state index contributed by atoms with van der Waals surface area (Å²) in [6.07, 6.45) is 3.66. The van der Waals surface area contributed by atoms with Crippen LogP contribution in [0.4, 0.5) is 24.8 Å². The fraction of sp³-hybridized carbons (Fsp3) is 0.286. The van der Waals surface area contributed by atoms with Crippen molar-refractivity contribution < 1.29 is 32.6 Å². The van der Waals surface area contributed by atoms with Crippen molar-refractivity contribution in [2.24, 2.45) is 7.05 Å². The van der Waals surface area contributed by atoms with Crippen LogP contribution < -0.4 is 10.2 Å². The minimum Gasteiger partial charge on any atom is -0.475 e. The zero-order chi connectivity index (χ0) is 24.7. The second kappa shape index (κ2) is 10.7. The number of alkyl halides is 3. The number of nitrogens with zero attached hydrogens (tertiary/aromatic N) is 5. The first-order chi connectivity index (χ1) is 16.1. The molecule has 3 aromatic heterocycles. The van der Waals surface area contributed by atoms with Gasteiger partial charge < -0.3 is 24.6 Å². The van der Waals surface area contributed by atoms with E-state index in [-0.39, 0.29) is 5.91 Å². The molecule has 0 bridgehead atoms. The molecule has 4 heterocycles. The predicted molar refractivity (Wildman–Crippen MR) is 115 cm³/mol. The van der Waals surface area contributed by atoms with E-state index in [2.05, 4.69) is 25.2 Å². The Labute approximate surface area is 192 Å². The van der Waals surface area contributed by atoms with Crippen LogP contribution in [0.3, 0.4) is 0 Å². The highest BCUT2D eigenvalue weighted by Crippen LogP contribution is 2.22. The molecule has 13 heteroatoms. The summed E-state index contributed by atoms with van der Waals surface area (Å²) in [6.45, 7) is 2.98. The number of carboxylic acids is 1. The third kappa shape index (κ3) is 6.51. The molecule has 10 nitrogen and oxygen atoms in total. The van der Waals surface area contributed by atoms with Crippen molar-refractivity contribution in [3.63, 3.8) is 0 Å². The van der Waals surface area contributed by atoms with Crippen molar-refractivity contribution in [3.05, 3.63) is 54.9 Å². The first-order valence-electron chi connectivity index (χ1n) is 9.98. The van der Waals surface area contributed by atoms with E-state index in [0.29, 0.717) is 30.5 Å². The van der Waals surface area contributed by atoms with Crippen LogP contribution in [-0.4, -0.2) is 69.0 Å². The Morgan fingerprint density at radius 3 is 2.32 bits per heavy atom. The van der Waals surface area contributed by atoms with Gasteiger partial charge in [0.25, 0.3) is 5.91 Å². The highest BCUT2D eigenvalue weighted by Gasteiger charge is 2.38. The average Bonchev–Trinajstić information content (AvgIpc) is 3.22. The molecule has 1 amide bonds. The van der Waals surface area contributed by atoms with Crippen LogP contribution in [0.2, 0.25) is 0 Å². The number of aliphatic carboxylic acids is 1. The summed E-state index contributed by atoms with van der Waals surface area (Å²) < 4.78 is 38.9. The lowest BCUT2D eigenvalue weighted by Gasteiger charge is -2.26. The van der Waals surface area contributed by atoms with Gasteiger partial charge >= 0.3 is 12.1 Å². The van der Waals surface area contributed by atoms with E-state index in [0.717, 1.165) is 24.2 Å². The third-order valence-electron chi connectivity index (χ3n) is 4.66. The van der Waals surface area contributed by atoms with Gasteiger partial charge in [-0.1, -0.05) is 0 Å². The second-order valence-electron chi connectivity index (χ2n) is 7.09. The van der Waals surface area contributed by atoms with Crippen LogP contribution in [0, 0.1) is 0 Å². The number of halogens is 3. The fourth-order valence-corrected chi connectivity index (χ4v) is 2.98. The Morgan fingerprint density at radius 2 is 1.76 bits per heavy atom. The number of aromatic nitrogens is 4. The number of carboxylic acid groups (broad SMARTS) is 1. The van der Waals surface area contributed by atoms with E-state index in [9.17, 15) is 18.0 Å². The molecule has 1 fully saturated rings. The maximum absolute atomic E-state index is 12.5. The van der Waals surface area contributed by atoms with Crippen molar-refractivity contribution >= 4 is 23.5 Å². The summed E-state index contributed by atoms with van der Waals surface area (Å²) in [5.41, 5.74) is 2.96. The monoisotopic (exact) mass is 478 g/mol. The molecule has 1 aliphatic heterocycles. The summed E-state index contributed by atoms with van der Waals surface area (Å²) in [6, 6.07) is 5.41. The van der Waals surface area contributed by atoms with E-state index >= 15 is 0 Å². The van der Waals surface area contributed by atoms with E-state index in [1.807, 2.05) is 19.3 Å². The van der Waals surface area contributed by atoms with Gasteiger partial charge in [-0.25, -0.2) is 14.8 Å². The number of hydrogen-bond acceptors (Lipinski definition) is 7. The Kier molecular flexibility index (Phi) is 7.79. The molecule has 0 spiro atoms. The maximum Gasteiger partial charge on any atom is 0.490 e. The van der Waals surface area contributed by atoms with Crippen LogP contribution in [0.25, 0.3) is 11.1 Å². The van der Waals surface area contributed by atoms with Gasteiger partial charge in [-0.05, 0) is 18.2 Å². The zero-order valence-electron chi connectivity index (χ0n) is 18.0. The van der Waals surface area contributed by atoms with E-state index in [1.54, 1.807) is 41.5 Å². The van der Waals surface area contributed by atoms with Crippen LogP contribution >= 0.6 is 0 Å². The topological polar surface area (TPSA) is 122 Å². The Hall–Kier alpha value is -4.00. The number of hydrogen-bond donors (Lipinski definition) is 2. The van der Waals surface area contributed by atoms with Crippen molar-refractivity contribution in [3.8, 4) is 11.1 Å². The largest absolute Gasteiger partial charge is 0.490 e.